The van der Waals surface area contributed by atoms with Crippen LogP contribution in [0.4, 0.5) is 0 Å². The molecule has 0 bridgehead atoms. The number of benzene rings is 1. The zero-order valence-corrected chi connectivity index (χ0v) is 29.9. The highest BCUT2D eigenvalue weighted by Crippen LogP contribution is 2.42. The van der Waals surface area contributed by atoms with Crippen LogP contribution in [-0.4, -0.2) is 24.1 Å². The highest BCUT2D eigenvalue weighted by molar-refractivity contribution is 5.89. The summed E-state index contributed by atoms with van der Waals surface area (Å²) in [6, 6.07) is 8.20. The molecular weight excluding hydrogens is 568 g/mol. The average molecular weight is 635 g/mol. The molecule has 0 aromatic heterocycles. The predicted molar refractivity (Wildman–Crippen MR) is 188 cm³/mol. The standard InChI is InChI=1S/C21H36O2.C21H30O2/c2*1-15-3-7-17(8-4-15)18-9-11-19(12-10-18)21(22)23-20-13-5-16(2)6-14-20/h15-20H,3-14H2,1-2H3;9-12,15-17,20H,3-8,13-14H2,1-2H3. The Morgan fingerprint density at radius 2 is 0.870 bits per heavy atom. The van der Waals surface area contributed by atoms with Gasteiger partial charge in [0.15, 0.2) is 0 Å². The quantitative estimate of drug-likeness (QED) is 0.292. The molecule has 1 aromatic rings. The monoisotopic (exact) mass is 634 g/mol. The van der Waals surface area contributed by atoms with Gasteiger partial charge in [0.25, 0.3) is 0 Å². The lowest BCUT2D eigenvalue weighted by atomic mass is 9.69. The molecule has 0 radical (unpaired) electrons. The third-order valence-electron chi connectivity index (χ3n) is 12.9. The van der Waals surface area contributed by atoms with Gasteiger partial charge in [-0.05, 0) is 162 Å². The highest BCUT2D eigenvalue weighted by Gasteiger charge is 2.34. The van der Waals surface area contributed by atoms with Gasteiger partial charge in [-0.15, -0.1) is 0 Å². The Labute approximate surface area is 281 Å². The summed E-state index contributed by atoms with van der Waals surface area (Å²) in [5, 5.41) is 0. The summed E-state index contributed by atoms with van der Waals surface area (Å²) < 4.78 is 11.5. The number of rotatable bonds is 6. The van der Waals surface area contributed by atoms with E-state index in [9.17, 15) is 9.59 Å². The lowest BCUT2D eigenvalue weighted by Gasteiger charge is -2.37. The predicted octanol–water partition coefficient (Wildman–Crippen LogP) is 11.5. The zero-order valence-electron chi connectivity index (χ0n) is 29.9. The van der Waals surface area contributed by atoms with Crippen LogP contribution in [0.2, 0.25) is 0 Å². The summed E-state index contributed by atoms with van der Waals surface area (Å²) in [5.41, 5.74) is 2.09. The van der Waals surface area contributed by atoms with E-state index < -0.39 is 0 Å². The van der Waals surface area contributed by atoms with E-state index in [4.69, 9.17) is 9.47 Å². The topological polar surface area (TPSA) is 52.6 Å². The molecule has 6 rings (SSSR count). The summed E-state index contributed by atoms with van der Waals surface area (Å²) in [6.45, 7) is 9.34. The Morgan fingerprint density at radius 3 is 1.35 bits per heavy atom. The van der Waals surface area contributed by atoms with Gasteiger partial charge in [-0.25, -0.2) is 4.79 Å². The van der Waals surface area contributed by atoms with Crippen LogP contribution in [0.1, 0.15) is 178 Å². The Bertz CT molecular complexity index is 1040. The van der Waals surface area contributed by atoms with Crippen LogP contribution >= 0.6 is 0 Å². The maximum atomic E-state index is 12.5. The molecule has 258 valence electrons. The Morgan fingerprint density at radius 1 is 0.478 bits per heavy atom. The maximum Gasteiger partial charge on any atom is 0.338 e. The Hall–Kier alpha value is -1.84. The van der Waals surface area contributed by atoms with Crippen LogP contribution in [0.3, 0.4) is 0 Å². The molecule has 4 nitrogen and oxygen atoms in total. The van der Waals surface area contributed by atoms with Gasteiger partial charge < -0.3 is 9.47 Å². The minimum atomic E-state index is -0.145. The smallest absolute Gasteiger partial charge is 0.338 e. The van der Waals surface area contributed by atoms with Crippen molar-refractivity contribution >= 4 is 11.9 Å². The fraction of sp³-hybridized carbons (Fsp3) is 0.810. The number of hydrogen-bond donors (Lipinski definition) is 0. The summed E-state index contributed by atoms with van der Waals surface area (Å²) in [5.74, 6) is 6.11. The molecule has 0 saturated heterocycles. The molecule has 0 amide bonds. The first-order valence-electron chi connectivity index (χ1n) is 19.7. The number of esters is 2. The third-order valence-corrected chi connectivity index (χ3v) is 12.9. The minimum Gasteiger partial charge on any atom is -0.462 e. The van der Waals surface area contributed by atoms with Crippen molar-refractivity contribution in [1.29, 1.82) is 0 Å². The first-order valence-corrected chi connectivity index (χ1v) is 19.7. The average Bonchev–Trinajstić information content (AvgIpc) is 3.08. The van der Waals surface area contributed by atoms with Crippen molar-refractivity contribution in [3.63, 3.8) is 0 Å². The molecule has 0 N–H and O–H groups in total. The first-order chi connectivity index (χ1) is 22.2. The second-order valence-corrected chi connectivity index (χ2v) is 16.8. The molecule has 5 aliphatic carbocycles. The molecule has 4 heteroatoms. The van der Waals surface area contributed by atoms with Crippen molar-refractivity contribution in [2.45, 2.75) is 174 Å². The lowest BCUT2D eigenvalue weighted by Crippen LogP contribution is -2.31. The molecule has 5 saturated carbocycles. The second-order valence-electron chi connectivity index (χ2n) is 16.8. The summed E-state index contributed by atoms with van der Waals surface area (Å²) in [6.07, 6.45) is 25.0. The van der Waals surface area contributed by atoms with Gasteiger partial charge in [-0.1, -0.05) is 65.5 Å². The van der Waals surface area contributed by atoms with Gasteiger partial charge in [0.05, 0.1) is 11.5 Å². The Kier molecular flexibility index (Phi) is 13.5. The third kappa shape index (κ3) is 10.6. The van der Waals surface area contributed by atoms with Gasteiger partial charge in [0, 0.05) is 0 Å². The van der Waals surface area contributed by atoms with Crippen molar-refractivity contribution in [2.75, 3.05) is 0 Å². The number of carbonyl (C=O) groups is 2. The van der Waals surface area contributed by atoms with E-state index in [0.717, 1.165) is 74.0 Å². The molecular formula is C42H66O4. The molecule has 46 heavy (non-hydrogen) atoms. The Balaban J connectivity index is 0.000000181. The molecule has 0 spiro atoms. The number of ether oxygens (including phenoxy) is 2. The number of hydrogen-bond acceptors (Lipinski definition) is 4. The van der Waals surface area contributed by atoms with E-state index in [0.29, 0.717) is 11.5 Å². The van der Waals surface area contributed by atoms with E-state index in [1.807, 2.05) is 12.1 Å². The van der Waals surface area contributed by atoms with Crippen molar-refractivity contribution in [1.82, 2.24) is 0 Å². The van der Waals surface area contributed by atoms with Gasteiger partial charge in [0.1, 0.15) is 12.2 Å². The largest absolute Gasteiger partial charge is 0.462 e. The molecule has 0 aliphatic heterocycles. The molecule has 0 unspecified atom stereocenters. The van der Waals surface area contributed by atoms with Crippen molar-refractivity contribution in [3.05, 3.63) is 35.4 Å². The van der Waals surface area contributed by atoms with Gasteiger partial charge in [-0.3, -0.25) is 4.79 Å². The van der Waals surface area contributed by atoms with Gasteiger partial charge >= 0.3 is 11.9 Å². The zero-order chi connectivity index (χ0) is 32.5. The van der Waals surface area contributed by atoms with Gasteiger partial charge in [-0.2, -0.15) is 0 Å². The van der Waals surface area contributed by atoms with Crippen LogP contribution in [0, 0.1) is 41.4 Å². The van der Waals surface area contributed by atoms with Crippen LogP contribution in [0.5, 0.6) is 0 Å². The highest BCUT2D eigenvalue weighted by atomic mass is 16.5. The summed E-state index contributed by atoms with van der Waals surface area (Å²) in [7, 11) is 0. The molecule has 0 heterocycles. The van der Waals surface area contributed by atoms with Crippen molar-refractivity contribution in [3.8, 4) is 0 Å². The fourth-order valence-corrected chi connectivity index (χ4v) is 9.24. The molecule has 5 fully saturated rings. The molecule has 5 aliphatic rings. The maximum absolute atomic E-state index is 12.5. The fourth-order valence-electron chi connectivity index (χ4n) is 9.24. The van der Waals surface area contributed by atoms with E-state index in [-0.39, 0.29) is 30.1 Å². The van der Waals surface area contributed by atoms with Crippen LogP contribution in [0.25, 0.3) is 0 Å². The first kappa shape index (κ1) is 35.5. The minimum absolute atomic E-state index is 0.123. The van der Waals surface area contributed by atoms with E-state index in [1.54, 1.807) is 0 Å². The van der Waals surface area contributed by atoms with Gasteiger partial charge in [0.2, 0.25) is 0 Å². The second kappa shape index (κ2) is 17.5. The van der Waals surface area contributed by atoms with E-state index in [1.165, 1.54) is 95.5 Å². The van der Waals surface area contributed by atoms with Crippen molar-refractivity contribution in [2.24, 2.45) is 41.4 Å². The molecule has 1 aromatic carbocycles. The van der Waals surface area contributed by atoms with Crippen LogP contribution in [0.15, 0.2) is 24.3 Å². The summed E-state index contributed by atoms with van der Waals surface area (Å²) in [4.78, 5) is 24.8. The van der Waals surface area contributed by atoms with Crippen LogP contribution < -0.4 is 0 Å². The van der Waals surface area contributed by atoms with E-state index in [2.05, 4.69) is 39.8 Å². The van der Waals surface area contributed by atoms with Crippen molar-refractivity contribution < 1.29 is 19.1 Å². The lowest BCUT2D eigenvalue weighted by molar-refractivity contribution is -0.157. The molecule has 0 atom stereocenters. The number of carbonyl (C=O) groups excluding carboxylic acids is 2. The normalized spacial score (nSPS) is 36.9. The van der Waals surface area contributed by atoms with E-state index >= 15 is 0 Å². The SMILES string of the molecule is CC1CCC(OC(=O)C2CCC(C3CCC(C)CC3)CC2)CC1.CC1CCC(OC(=O)c2ccc(C3CCC(C)CC3)cc2)CC1. The van der Waals surface area contributed by atoms with Crippen LogP contribution in [-0.2, 0) is 14.3 Å². The summed E-state index contributed by atoms with van der Waals surface area (Å²) >= 11 is 0.